The fraction of sp³-hybridized carbons (Fsp3) is 0.500. The van der Waals surface area contributed by atoms with Gasteiger partial charge >= 0.3 is 0 Å². The van der Waals surface area contributed by atoms with Crippen molar-refractivity contribution < 1.29 is 0 Å². The molecule has 2 nitrogen and oxygen atoms in total. The molecule has 0 spiro atoms. The first-order chi connectivity index (χ1) is 8.49. The second kappa shape index (κ2) is 5.57. The van der Waals surface area contributed by atoms with E-state index in [0.717, 1.165) is 29.0 Å². The first kappa shape index (κ1) is 13.8. The summed E-state index contributed by atoms with van der Waals surface area (Å²) in [6.45, 7) is 6.81. The Labute approximate surface area is 123 Å². The van der Waals surface area contributed by atoms with Crippen molar-refractivity contribution >= 4 is 38.8 Å². The molecule has 0 bridgehead atoms. The highest BCUT2D eigenvalue weighted by Crippen LogP contribution is 2.30. The predicted molar refractivity (Wildman–Crippen MR) is 85.2 cm³/mol. The van der Waals surface area contributed by atoms with Gasteiger partial charge in [-0.2, -0.15) is 0 Å². The van der Waals surface area contributed by atoms with E-state index in [1.165, 1.54) is 12.1 Å². The third kappa shape index (κ3) is 2.86. The number of nitrogens with two attached hydrogens (primary N) is 1. The Kier molecular flexibility index (Phi) is 4.28. The normalized spacial score (nSPS) is 24.1. The minimum Gasteiger partial charge on any atom is -0.389 e. The zero-order valence-corrected chi connectivity index (χ0v) is 13.2. The standard InChI is InChI=1S/C14H19BrN2S/c1-9-5-6-17(8-10(9)2)13-4-3-11(15)7-12(13)14(16)18/h3-4,7,9-10H,5-6,8H2,1-2H3,(H2,16,18). The van der Waals surface area contributed by atoms with E-state index in [0.29, 0.717) is 10.9 Å². The minimum atomic E-state index is 0.470. The third-order valence-corrected chi connectivity index (χ3v) is 4.61. The highest BCUT2D eigenvalue weighted by molar-refractivity contribution is 9.10. The Balaban J connectivity index is 2.30. The number of thiocarbonyl (C=S) groups is 1. The van der Waals surface area contributed by atoms with Crippen molar-refractivity contribution in [1.82, 2.24) is 0 Å². The van der Waals surface area contributed by atoms with Gasteiger partial charge < -0.3 is 10.6 Å². The zero-order valence-electron chi connectivity index (χ0n) is 10.8. The molecule has 4 heteroatoms. The molecule has 2 N–H and O–H groups in total. The van der Waals surface area contributed by atoms with Crippen molar-refractivity contribution in [2.45, 2.75) is 20.3 Å². The van der Waals surface area contributed by atoms with Crippen LogP contribution in [0.3, 0.4) is 0 Å². The van der Waals surface area contributed by atoms with E-state index in [2.05, 4.69) is 46.8 Å². The summed E-state index contributed by atoms with van der Waals surface area (Å²) in [5, 5.41) is 0. The van der Waals surface area contributed by atoms with Crippen LogP contribution in [-0.4, -0.2) is 18.1 Å². The van der Waals surface area contributed by atoms with E-state index in [9.17, 15) is 0 Å². The van der Waals surface area contributed by atoms with E-state index in [-0.39, 0.29) is 0 Å². The number of hydrogen-bond acceptors (Lipinski definition) is 2. The maximum Gasteiger partial charge on any atom is 0.106 e. The lowest BCUT2D eigenvalue weighted by Gasteiger charge is -2.37. The second-order valence-electron chi connectivity index (χ2n) is 5.21. The van der Waals surface area contributed by atoms with E-state index in [4.69, 9.17) is 18.0 Å². The third-order valence-electron chi connectivity index (χ3n) is 3.90. The van der Waals surface area contributed by atoms with Crippen LogP contribution in [0.5, 0.6) is 0 Å². The molecule has 2 atom stereocenters. The summed E-state index contributed by atoms with van der Waals surface area (Å²) in [4.78, 5) is 2.88. The molecule has 98 valence electrons. The Hall–Kier alpha value is -0.610. The van der Waals surface area contributed by atoms with Gasteiger partial charge in [-0.15, -0.1) is 0 Å². The molecular weight excluding hydrogens is 308 g/mol. The van der Waals surface area contributed by atoms with Crippen LogP contribution < -0.4 is 10.6 Å². The molecule has 1 aromatic carbocycles. The van der Waals surface area contributed by atoms with Gasteiger partial charge in [0.1, 0.15) is 4.99 Å². The molecule has 1 aliphatic heterocycles. The van der Waals surface area contributed by atoms with Gasteiger partial charge in [-0.3, -0.25) is 0 Å². The molecule has 1 aliphatic rings. The Morgan fingerprint density at radius 3 is 2.72 bits per heavy atom. The first-order valence-corrected chi connectivity index (χ1v) is 7.53. The number of benzene rings is 1. The molecule has 1 saturated heterocycles. The van der Waals surface area contributed by atoms with Gasteiger partial charge in [-0.1, -0.05) is 42.0 Å². The van der Waals surface area contributed by atoms with Gasteiger partial charge in [0.2, 0.25) is 0 Å². The zero-order chi connectivity index (χ0) is 13.3. The molecule has 0 amide bonds. The number of nitrogens with zero attached hydrogens (tertiary/aromatic N) is 1. The summed E-state index contributed by atoms with van der Waals surface area (Å²) in [5.74, 6) is 1.51. The molecule has 0 saturated carbocycles. The molecule has 18 heavy (non-hydrogen) atoms. The molecule has 1 heterocycles. The average molecular weight is 327 g/mol. The summed E-state index contributed by atoms with van der Waals surface area (Å²) < 4.78 is 1.02. The molecule has 2 rings (SSSR count). The van der Waals surface area contributed by atoms with Gasteiger partial charge in [-0.05, 0) is 36.5 Å². The molecule has 0 aliphatic carbocycles. The monoisotopic (exact) mass is 326 g/mol. The maximum atomic E-state index is 5.84. The van der Waals surface area contributed by atoms with Crippen LogP contribution >= 0.6 is 28.1 Å². The lowest BCUT2D eigenvalue weighted by molar-refractivity contribution is 0.324. The van der Waals surface area contributed by atoms with Gasteiger partial charge in [-0.25, -0.2) is 0 Å². The number of hydrogen-bond donors (Lipinski definition) is 1. The second-order valence-corrected chi connectivity index (χ2v) is 6.57. The summed E-state index contributed by atoms with van der Waals surface area (Å²) in [6.07, 6.45) is 1.23. The number of halogens is 1. The highest BCUT2D eigenvalue weighted by Gasteiger charge is 2.24. The first-order valence-electron chi connectivity index (χ1n) is 6.33. The lowest BCUT2D eigenvalue weighted by atomic mass is 9.88. The topological polar surface area (TPSA) is 29.3 Å². The van der Waals surface area contributed by atoms with Crippen LogP contribution in [0.2, 0.25) is 0 Å². The average Bonchev–Trinajstić information content (AvgIpc) is 2.32. The molecule has 2 unspecified atom stereocenters. The highest BCUT2D eigenvalue weighted by atomic mass is 79.9. The summed E-state index contributed by atoms with van der Waals surface area (Å²) in [6, 6.07) is 6.18. The van der Waals surface area contributed by atoms with Crippen LogP contribution in [-0.2, 0) is 0 Å². The molecular formula is C14H19BrN2S. The van der Waals surface area contributed by atoms with E-state index in [1.807, 2.05) is 6.07 Å². The van der Waals surface area contributed by atoms with Crippen molar-refractivity contribution in [3.8, 4) is 0 Å². The van der Waals surface area contributed by atoms with Gasteiger partial charge in [0.25, 0.3) is 0 Å². The van der Waals surface area contributed by atoms with Crippen LogP contribution in [0.4, 0.5) is 5.69 Å². The van der Waals surface area contributed by atoms with Gasteiger partial charge in [0, 0.05) is 28.8 Å². The van der Waals surface area contributed by atoms with Crippen molar-refractivity contribution in [2.24, 2.45) is 17.6 Å². The molecule has 0 radical (unpaired) electrons. The van der Waals surface area contributed by atoms with Crippen molar-refractivity contribution in [3.05, 3.63) is 28.2 Å². The SMILES string of the molecule is CC1CCN(c2ccc(Br)cc2C(N)=S)CC1C. The van der Waals surface area contributed by atoms with Crippen LogP contribution in [0, 0.1) is 11.8 Å². The predicted octanol–water partition coefficient (Wildman–Crippen LogP) is 3.57. The largest absolute Gasteiger partial charge is 0.389 e. The van der Waals surface area contributed by atoms with Crippen LogP contribution in [0.25, 0.3) is 0 Å². The molecule has 1 aromatic rings. The lowest BCUT2D eigenvalue weighted by Crippen LogP contribution is -2.39. The molecule has 0 aromatic heterocycles. The summed E-state index contributed by atoms with van der Waals surface area (Å²) in [7, 11) is 0. The quantitative estimate of drug-likeness (QED) is 0.842. The summed E-state index contributed by atoms with van der Waals surface area (Å²) >= 11 is 8.64. The number of rotatable bonds is 2. The summed E-state index contributed by atoms with van der Waals surface area (Å²) in [5.41, 5.74) is 7.98. The molecule has 1 fully saturated rings. The fourth-order valence-electron chi connectivity index (χ4n) is 2.46. The van der Waals surface area contributed by atoms with E-state index >= 15 is 0 Å². The number of anilines is 1. The van der Waals surface area contributed by atoms with Gasteiger partial charge in [0.15, 0.2) is 0 Å². The van der Waals surface area contributed by atoms with Crippen LogP contribution in [0.15, 0.2) is 22.7 Å². The van der Waals surface area contributed by atoms with Crippen molar-refractivity contribution in [3.63, 3.8) is 0 Å². The van der Waals surface area contributed by atoms with E-state index < -0.39 is 0 Å². The smallest absolute Gasteiger partial charge is 0.106 e. The maximum absolute atomic E-state index is 5.84. The van der Waals surface area contributed by atoms with Crippen molar-refractivity contribution in [2.75, 3.05) is 18.0 Å². The van der Waals surface area contributed by atoms with E-state index in [1.54, 1.807) is 0 Å². The Morgan fingerprint density at radius 1 is 1.39 bits per heavy atom. The Bertz CT molecular complexity index is 461. The van der Waals surface area contributed by atoms with Crippen molar-refractivity contribution in [1.29, 1.82) is 0 Å². The number of piperidine rings is 1. The Morgan fingerprint density at radius 2 is 2.11 bits per heavy atom. The fourth-order valence-corrected chi connectivity index (χ4v) is 2.99. The minimum absolute atomic E-state index is 0.470. The van der Waals surface area contributed by atoms with Gasteiger partial charge in [0.05, 0.1) is 0 Å². The van der Waals surface area contributed by atoms with Crippen LogP contribution in [0.1, 0.15) is 25.8 Å².